The van der Waals surface area contributed by atoms with Gasteiger partial charge < -0.3 is 14.5 Å². The quantitative estimate of drug-likeness (QED) is 0.461. The molecule has 1 aromatic heterocycles. The lowest BCUT2D eigenvalue weighted by atomic mass is 9.99. The number of halogens is 2. The van der Waals surface area contributed by atoms with Gasteiger partial charge in [-0.2, -0.15) is 0 Å². The minimum Gasteiger partial charge on any atom is -0.496 e. The fourth-order valence-electron chi connectivity index (χ4n) is 3.29. The van der Waals surface area contributed by atoms with Crippen molar-refractivity contribution in [2.75, 3.05) is 14.2 Å². The minimum atomic E-state index is -0.896. The van der Waals surface area contributed by atoms with E-state index in [0.717, 1.165) is 28.5 Å². The van der Waals surface area contributed by atoms with Crippen molar-refractivity contribution in [2.45, 2.75) is 0 Å². The molecule has 4 aromatic rings. The SMILES string of the molecule is COC(=O)c1ccc(-c2cc(-c3cc4cc(F)c(F)cc4[nH]3)ccc2OC)cc1. The fourth-order valence-corrected chi connectivity index (χ4v) is 3.29. The maximum absolute atomic E-state index is 13.5. The zero-order chi connectivity index (χ0) is 20.5. The molecule has 4 rings (SSSR count). The van der Waals surface area contributed by atoms with Crippen molar-refractivity contribution in [3.8, 4) is 28.1 Å². The van der Waals surface area contributed by atoms with Crippen LogP contribution in [0.15, 0.2) is 60.7 Å². The molecule has 0 saturated heterocycles. The van der Waals surface area contributed by atoms with Crippen LogP contribution in [0.1, 0.15) is 10.4 Å². The Morgan fingerprint density at radius 2 is 1.55 bits per heavy atom. The second-order valence-electron chi connectivity index (χ2n) is 6.52. The zero-order valence-electron chi connectivity index (χ0n) is 15.8. The van der Waals surface area contributed by atoms with Crippen LogP contribution in [0.2, 0.25) is 0 Å². The van der Waals surface area contributed by atoms with Gasteiger partial charge in [0.05, 0.1) is 19.8 Å². The molecule has 6 heteroatoms. The smallest absolute Gasteiger partial charge is 0.337 e. The molecule has 0 bridgehead atoms. The van der Waals surface area contributed by atoms with E-state index in [9.17, 15) is 13.6 Å². The summed E-state index contributed by atoms with van der Waals surface area (Å²) in [4.78, 5) is 14.8. The largest absolute Gasteiger partial charge is 0.496 e. The first kappa shape index (κ1) is 18.7. The number of rotatable bonds is 4. The molecule has 0 aliphatic rings. The molecule has 3 aromatic carbocycles. The van der Waals surface area contributed by atoms with E-state index in [-0.39, 0.29) is 0 Å². The van der Waals surface area contributed by atoms with Gasteiger partial charge in [0.1, 0.15) is 5.75 Å². The van der Waals surface area contributed by atoms with E-state index in [1.807, 2.05) is 30.3 Å². The molecule has 0 radical (unpaired) electrons. The third kappa shape index (κ3) is 3.45. The van der Waals surface area contributed by atoms with Gasteiger partial charge in [0, 0.05) is 28.2 Å². The van der Waals surface area contributed by atoms with Gasteiger partial charge in [-0.05, 0) is 53.6 Å². The number of ether oxygens (including phenoxy) is 2. The van der Waals surface area contributed by atoms with Crippen molar-refractivity contribution in [1.82, 2.24) is 4.98 Å². The number of carbonyl (C=O) groups is 1. The molecule has 0 aliphatic carbocycles. The van der Waals surface area contributed by atoms with Crippen LogP contribution >= 0.6 is 0 Å². The first-order valence-corrected chi connectivity index (χ1v) is 8.85. The van der Waals surface area contributed by atoms with Crippen molar-refractivity contribution in [3.05, 3.63) is 77.9 Å². The van der Waals surface area contributed by atoms with Crippen molar-refractivity contribution in [2.24, 2.45) is 0 Å². The highest BCUT2D eigenvalue weighted by atomic mass is 19.2. The Morgan fingerprint density at radius 3 is 2.24 bits per heavy atom. The predicted octanol–water partition coefficient (Wildman–Crippen LogP) is 5.58. The summed E-state index contributed by atoms with van der Waals surface area (Å²) in [5.41, 5.74) is 4.18. The molecule has 29 heavy (non-hydrogen) atoms. The van der Waals surface area contributed by atoms with Gasteiger partial charge in [0.15, 0.2) is 11.6 Å². The molecule has 0 atom stereocenters. The van der Waals surface area contributed by atoms with Crippen LogP contribution in [-0.2, 0) is 4.74 Å². The zero-order valence-corrected chi connectivity index (χ0v) is 15.8. The Balaban J connectivity index is 1.78. The highest BCUT2D eigenvalue weighted by Gasteiger charge is 2.13. The number of methoxy groups -OCH3 is 2. The third-order valence-electron chi connectivity index (χ3n) is 4.79. The summed E-state index contributed by atoms with van der Waals surface area (Å²) in [5.74, 6) is -1.53. The monoisotopic (exact) mass is 393 g/mol. The molecule has 1 heterocycles. The van der Waals surface area contributed by atoms with E-state index in [2.05, 4.69) is 4.98 Å². The van der Waals surface area contributed by atoms with Gasteiger partial charge in [-0.1, -0.05) is 12.1 Å². The van der Waals surface area contributed by atoms with Crippen LogP contribution in [-0.4, -0.2) is 25.2 Å². The lowest BCUT2D eigenvalue weighted by Gasteiger charge is -2.11. The second-order valence-corrected chi connectivity index (χ2v) is 6.52. The second kappa shape index (κ2) is 7.39. The van der Waals surface area contributed by atoms with Crippen LogP contribution in [0.25, 0.3) is 33.3 Å². The lowest BCUT2D eigenvalue weighted by Crippen LogP contribution is -2.00. The van der Waals surface area contributed by atoms with Gasteiger partial charge in [-0.3, -0.25) is 0 Å². The molecule has 0 fully saturated rings. The third-order valence-corrected chi connectivity index (χ3v) is 4.79. The van der Waals surface area contributed by atoms with Crippen molar-refractivity contribution >= 4 is 16.9 Å². The van der Waals surface area contributed by atoms with Crippen LogP contribution < -0.4 is 4.74 Å². The van der Waals surface area contributed by atoms with Gasteiger partial charge in [0.2, 0.25) is 0 Å². The number of esters is 1. The molecule has 0 spiro atoms. The summed E-state index contributed by atoms with van der Waals surface area (Å²) in [5, 5.41) is 0.582. The predicted molar refractivity (Wildman–Crippen MR) is 107 cm³/mol. The summed E-state index contributed by atoms with van der Waals surface area (Å²) in [7, 11) is 2.91. The van der Waals surface area contributed by atoms with Crippen LogP contribution in [0.5, 0.6) is 5.75 Å². The van der Waals surface area contributed by atoms with Gasteiger partial charge >= 0.3 is 5.97 Å². The molecule has 1 N–H and O–H groups in total. The Morgan fingerprint density at radius 1 is 0.862 bits per heavy atom. The van der Waals surface area contributed by atoms with Crippen molar-refractivity contribution in [3.63, 3.8) is 0 Å². The van der Waals surface area contributed by atoms with E-state index in [4.69, 9.17) is 9.47 Å². The maximum Gasteiger partial charge on any atom is 0.337 e. The van der Waals surface area contributed by atoms with E-state index >= 15 is 0 Å². The normalized spacial score (nSPS) is 10.9. The first-order valence-electron chi connectivity index (χ1n) is 8.85. The number of hydrogen-bond acceptors (Lipinski definition) is 3. The Kier molecular flexibility index (Phi) is 4.76. The summed E-state index contributed by atoms with van der Waals surface area (Å²) in [6, 6.07) is 16.7. The molecule has 0 saturated carbocycles. The number of aromatic nitrogens is 1. The Hall–Kier alpha value is -3.67. The molecule has 0 aliphatic heterocycles. The van der Waals surface area contributed by atoms with E-state index in [1.54, 1.807) is 25.3 Å². The average molecular weight is 393 g/mol. The van der Waals surface area contributed by atoms with E-state index in [0.29, 0.717) is 22.2 Å². The number of carbonyl (C=O) groups excluding carboxylic acids is 1. The Bertz CT molecular complexity index is 1170. The first-order chi connectivity index (χ1) is 14.0. The van der Waals surface area contributed by atoms with Crippen molar-refractivity contribution < 1.29 is 23.0 Å². The van der Waals surface area contributed by atoms with Gasteiger partial charge in [0.25, 0.3) is 0 Å². The maximum atomic E-state index is 13.5. The highest BCUT2D eigenvalue weighted by Crippen LogP contribution is 2.35. The Labute approximate surface area is 165 Å². The molecule has 0 amide bonds. The summed E-state index contributed by atoms with van der Waals surface area (Å²) < 4.78 is 37.2. The van der Waals surface area contributed by atoms with E-state index in [1.165, 1.54) is 13.2 Å². The summed E-state index contributed by atoms with van der Waals surface area (Å²) in [6.45, 7) is 0. The topological polar surface area (TPSA) is 51.3 Å². The number of benzene rings is 3. The molecule has 4 nitrogen and oxygen atoms in total. The number of aromatic amines is 1. The summed E-state index contributed by atoms with van der Waals surface area (Å²) in [6.07, 6.45) is 0. The number of hydrogen-bond donors (Lipinski definition) is 1. The van der Waals surface area contributed by atoms with Crippen LogP contribution in [0.4, 0.5) is 8.78 Å². The molecule has 146 valence electrons. The number of H-pyrrole nitrogens is 1. The number of fused-ring (bicyclic) bond motifs is 1. The van der Waals surface area contributed by atoms with Crippen LogP contribution in [0, 0.1) is 11.6 Å². The molecular formula is C23H17F2NO3. The summed E-state index contributed by atoms with van der Waals surface area (Å²) >= 11 is 0. The average Bonchev–Trinajstić information content (AvgIpc) is 3.15. The van der Waals surface area contributed by atoms with Crippen LogP contribution in [0.3, 0.4) is 0 Å². The highest BCUT2D eigenvalue weighted by molar-refractivity contribution is 5.91. The van der Waals surface area contributed by atoms with Crippen molar-refractivity contribution in [1.29, 1.82) is 0 Å². The van der Waals surface area contributed by atoms with E-state index < -0.39 is 17.6 Å². The van der Waals surface area contributed by atoms with Gasteiger partial charge in [-0.15, -0.1) is 0 Å². The minimum absolute atomic E-state index is 0.408. The molecular weight excluding hydrogens is 376 g/mol. The molecule has 0 unspecified atom stereocenters. The fraction of sp³-hybridized carbons (Fsp3) is 0.0870. The van der Waals surface area contributed by atoms with Gasteiger partial charge in [-0.25, -0.2) is 13.6 Å². The lowest BCUT2D eigenvalue weighted by molar-refractivity contribution is 0.0600. The standard InChI is InChI=1S/C23H17F2NO3/c1-28-22-8-7-15(20-11-16-10-18(24)19(25)12-21(16)26-20)9-17(22)13-3-5-14(6-4-13)23(27)29-2/h3-12,26H,1-2H3. The number of nitrogens with one attached hydrogen (secondary N) is 1.